The number of hydrogen-bond acceptors (Lipinski definition) is 2. The molecule has 0 aromatic rings. The molecular formula is C12H14N2. The molecule has 0 aromatic carbocycles. The molecule has 2 heteroatoms. The van der Waals surface area contributed by atoms with Gasteiger partial charge in [-0.25, -0.2) is 0 Å². The van der Waals surface area contributed by atoms with E-state index in [9.17, 15) is 0 Å². The fourth-order valence-electron chi connectivity index (χ4n) is 1.58. The van der Waals surface area contributed by atoms with Crippen LogP contribution in [-0.4, -0.2) is 23.9 Å². The lowest BCUT2D eigenvalue weighted by Crippen LogP contribution is -2.20. The number of hydrogen-bond donors (Lipinski definition) is 0. The van der Waals surface area contributed by atoms with Crippen molar-refractivity contribution in [2.24, 2.45) is 0 Å². The minimum absolute atomic E-state index is 1.22. The first kappa shape index (κ1) is 8.88. The Morgan fingerprint density at radius 3 is 1.50 bits per heavy atom. The van der Waals surface area contributed by atoms with Crippen LogP contribution in [0.3, 0.4) is 0 Å². The number of likely N-dealkylation sites (N-methyl/N-ethyl adjacent to an activating group) is 2. The van der Waals surface area contributed by atoms with Gasteiger partial charge in [0.15, 0.2) is 0 Å². The normalized spacial score (nSPS) is 25.0. The molecule has 2 nitrogen and oxygen atoms in total. The third kappa shape index (κ3) is 1.51. The van der Waals surface area contributed by atoms with Crippen molar-refractivity contribution in [3.8, 4) is 0 Å². The zero-order chi connectivity index (χ0) is 9.97. The molecule has 0 N–H and O–H groups in total. The number of rotatable bonds is 0. The summed E-state index contributed by atoms with van der Waals surface area (Å²) in [5.74, 6) is 0. The summed E-state index contributed by atoms with van der Waals surface area (Å²) in [6.07, 6.45) is 16.5. The Morgan fingerprint density at radius 1 is 0.714 bits per heavy atom. The SMILES string of the molecule is CN1C=CC=CC1=C1C=CC=CN1C. The zero-order valence-electron chi connectivity index (χ0n) is 8.51. The van der Waals surface area contributed by atoms with Crippen LogP contribution >= 0.6 is 0 Å². The second kappa shape index (κ2) is 3.58. The Balaban J connectivity index is 2.39. The first-order chi connectivity index (χ1) is 6.79. The van der Waals surface area contributed by atoms with E-state index in [2.05, 4.69) is 60.6 Å². The molecule has 0 fully saturated rings. The molecule has 0 saturated heterocycles. The molecule has 2 aliphatic heterocycles. The molecule has 0 aliphatic carbocycles. The van der Waals surface area contributed by atoms with Crippen LogP contribution in [-0.2, 0) is 0 Å². The summed E-state index contributed by atoms with van der Waals surface area (Å²) in [5.41, 5.74) is 2.44. The van der Waals surface area contributed by atoms with Crippen molar-refractivity contribution in [3.05, 3.63) is 60.3 Å². The summed E-state index contributed by atoms with van der Waals surface area (Å²) in [4.78, 5) is 4.24. The highest BCUT2D eigenvalue weighted by Gasteiger charge is 2.10. The summed E-state index contributed by atoms with van der Waals surface area (Å²) < 4.78 is 0. The van der Waals surface area contributed by atoms with Crippen LogP contribution in [0.4, 0.5) is 0 Å². The average molecular weight is 186 g/mol. The van der Waals surface area contributed by atoms with Gasteiger partial charge in [0, 0.05) is 26.5 Å². The summed E-state index contributed by atoms with van der Waals surface area (Å²) in [6, 6.07) is 0. The highest BCUT2D eigenvalue weighted by atomic mass is 15.2. The molecule has 2 aliphatic rings. The summed E-state index contributed by atoms with van der Waals surface area (Å²) in [6.45, 7) is 0. The van der Waals surface area contributed by atoms with Gasteiger partial charge in [-0.1, -0.05) is 12.2 Å². The third-order valence-electron chi connectivity index (χ3n) is 2.37. The maximum atomic E-state index is 2.12. The van der Waals surface area contributed by atoms with E-state index in [1.807, 2.05) is 12.2 Å². The van der Waals surface area contributed by atoms with Crippen LogP contribution < -0.4 is 0 Å². The van der Waals surface area contributed by atoms with Gasteiger partial charge in [0.05, 0.1) is 11.4 Å². The van der Waals surface area contributed by atoms with E-state index in [1.54, 1.807) is 0 Å². The van der Waals surface area contributed by atoms with Crippen molar-refractivity contribution in [3.63, 3.8) is 0 Å². The van der Waals surface area contributed by atoms with Crippen molar-refractivity contribution in [1.82, 2.24) is 9.80 Å². The van der Waals surface area contributed by atoms with Gasteiger partial charge in [0.2, 0.25) is 0 Å². The number of allylic oxidation sites excluding steroid dienone is 6. The van der Waals surface area contributed by atoms with Crippen LogP contribution in [0.1, 0.15) is 0 Å². The van der Waals surface area contributed by atoms with Crippen molar-refractivity contribution >= 4 is 0 Å². The molecule has 0 amide bonds. The second-order valence-corrected chi connectivity index (χ2v) is 3.39. The monoisotopic (exact) mass is 186 g/mol. The molecule has 2 rings (SSSR count). The van der Waals surface area contributed by atoms with E-state index in [1.165, 1.54) is 11.4 Å². The molecule has 0 atom stereocenters. The van der Waals surface area contributed by atoms with Gasteiger partial charge in [-0.2, -0.15) is 0 Å². The van der Waals surface area contributed by atoms with E-state index in [-0.39, 0.29) is 0 Å². The number of nitrogens with zero attached hydrogens (tertiary/aromatic N) is 2. The maximum Gasteiger partial charge on any atom is 0.0644 e. The van der Waals surface area contributed by atoms with Gasteiger partial charge in [-0.05, 0) is 24.3 Å². The van der Waals surface area contributed by atoms with Crippen LogP contribution in [0.25, 0.3) is 0 Å². The van der Waals surface area contributed by atoms with E-state index < -0.39 is 0 Å². The Kier molecular flexibility index (Phi) is 2.27. The maximum absolute atomic E-state index is 2.12. The van der Waals surface area contributed by atoms with E-state index in [0.29, 0.717) is 0 Å². The van der Waals surface area contributed by atoms with E-state index in [4.69, 9.17) is 0 Å². The Bertz CT molecular complexity index is 334. The lowest BCUT2D eigenvalue weighted by atomic mass is 10.2. The molecule has 2 heterocycles. The lowest BCUT2D eigenvalue weighted by molar-refractivity contribution is 0.514. The highest BCUT2D eigenvalue weighted by Crippen LogP contribution is 2.20. The topological polar surface area (TPSA) is 6.48 Å². The third-order valence-corrected chi connectivity index (χ3v) is 2.37. The predicted octanol–water partition coefficient (Wildman–Crippen LogP) is 2.23. The molecule has 0 radical (unpaired) electrons. The van der Waals surface area contributed by atoms with Crippen molar-refractivity contribution in [1.29, 1.82) is 0 Å². The van der Waals surface area contributed by atoms with E-state index in [0.717, 1.165) is 0 Å². The van der Waals surface area contributed by atoms with Crippen LogP contribution in [0.5, 0.6) is 0 Å². The summed E-state index contributed by atoms with van der Waals surface area (Å²) in [7, 11) is 4.12. The highest BCUT2D eigenvalue weighted by molar-refractivity contribution is 5.39. The van der Waals surface area contributed by atoms with Gasteiger partial charge in [0.25, 0.3) is 0 Å². The zero-order valence-corrected chi connectivity index (χ0v) is 8.51. The summed E-state index contributed by atoms with van der Waals surface area (Å²) >= 11 is 0. The van der Waals surface area contributed by atoms with Gasteiger partial charge in [-0.15, -0.1) is 0 Å². The minimum atomic E-state index is 1.22. The van der Waals surface area contributed by atoms with Crippen molar-refractivity contribution in [2.75, 3.05) is 14.1 Å². The fraction of sp³-hybridized carbons (Fsp3) is 0.167. The largest absolute Gasteiger partial charge is 0.349 e. The van der Waals surface area contributed by atoms with Gasteiger partial charge in [0.1, 0.15) is 0 Å². The Hall–Kier alpha value is -1.70. The van der Waals surface area contributed by atoms with Gasteiger partial charge < -0.3 is 9.80 Å². The van der Waals surface area contributed by atoms with Gasteiger partial charge >= 0.3 is 0 Å². The van der Waals surface area contributed by atoms with Crippen molar-refractivity contribution in [2.45, 2.75) is 0 Å². The first-order valence-electron chi connectivity index (χ1n) is 4.69. The molecule has 14 heavy (non-hydrogen) atoms. The standard InChI is InChI=1S/C12H14N2/c1-13-9-5-3-7-11(13)12-8-4-6-10-14(12)2/h3-10H,1-2H3. The average Bonchev–Trinajstić information content (AvgIpc) is 2.20. The first-order valence-corrected chi connectivity index (χ1v) is 4.69. The molecule has 0 unspecified atom stereocenters. The van der Waals surface area contributed by atoms with Crippen LogP contribution in [0, 0.1) is 0 Å². The molecule has 0 bridgehead atoms. The predicted molar refractivity (Wildman–Crippen MR) is 59.1 cm³/mol. The van der Waals surface area contributed by atoms with E-state index >= 15 is 0 Å². The smallest absolute Gasteiger partial charge is 0.0644 e. The van der Waals surface area contributed by atoms with Crippen molar-refractivity contribution < 1.29 is 0 Å². The van der Waals surface area contributed by atoms with Crippen LogP contribution in [0.2, 0.25) is 0 Å². The molecule has 0 spiro atoms. The molecule has 0 aromatic heterocycles. The minimum Gasteiger partial charge on any atom is -0.349 e. The quantitative estimate of drug-likeness (QED) is 0.572. The lowest BCUT2D eigenvalue weighted by Gasteiger charge is -2.26. The fourth-order valence-corrected chi connectivity index (χ4v) is 1.58. The summed E-state index contributed by atoms with van der Waals surface area (Å²) in [5, 5.41) is 0. The molecular weight excluding hydrogens is 172 g/mol. The molecule has 0 saturated carbocycles. The van der Waals surface area contributed by atoms with Gasteiger partial charge in [-0.3, -0.25) is 0 Å². The van der Waals surface area contributed by atoms with Crippen LogP contribution in [0.15, 0.2) is 60.3 Å². The Morgan fingerprint density at radius 2 is 1.14 bits per heavy atom. The Labute approximate surface area is 84.8 Å². The molecule has 72 valence electrons. The second-order valence-electron chi connectivity index (χ2n) is 3.39.